The molecule has 0 bridgehead atoms. The number of rotatable bonds is 3. The van der Waals surface area contributed by atoms with Crippen LogP contribution in [-0.2, 0) is 6.54 Å². The van der Waals surface area contributed by atoms with E-state index in [2.05, 4.69) is 34.0 Å². The summed E-state index contributed by atoms with van der Waals surface area (Å²) in [5.74, 6) is 0. The summed E-state index contributed by atoms with van der Waals surface area (Å²) < 4.78 is 3.77. The topological polar surface area (TPSA) is 37.8 Å². The lowest BCUT2D eigenvalue weighted by atomic mass is 10.4. The van der Waals surface area contributed by atoms with E-state index in [4.69, 9.17) is 0 Å². The Morgan fingerprint density at radius 3 is 3.00 bits per heavy atom. The minimum absolute atomic E-state index is 0.863. The van der Waals surface area contributed by atoms with Crippen molar-refractivity contribution in [3.05, 3.63) is 28.1 Å². The van der Waals surface area contributed by atoms with Crippen molar-refractivity contribution in [2.75, 3.05) is 5.32 Å². The Bertz CT molecular complexity index is 366. The fourth-order valence-electron chi connectivity index (χ4n) is 0.999. The zero-order valence-corrected chi connectivity index (χ0v) is 8.78. The van der Waals surface area contributed by atoms with E-state index in [0.29, 0.717) is 0 Å². The molecule has 0 atom stereocenters. The number of aromatic nitrogens is 2. The minimum Gasteiger partial charge on any atom is -0.369 e. The van der Waals surface area contributed by atoms with Crippen molar-refractivity contribution in [2.45, 2.75) is 13.5 Å². The lowest BCUT2D eigenvalue weighted by molar-refractivity contribution is 1.15. The number of anilines is 1. The summed E-state index contributed by atoms with van der Waals surface area (Å²) in [6.45, 7) is 2.98. The summed E-state index contributed by atoms with van der Waals surface area (Å²) >= 11 is 3.19. The molecule has 68 valence electrons. The van der Waals surface area contributed by atoms with Crippen LogP contribution in [0, 0.1) is 6.92 Å². The van der Waals surface area contributed by atoms with Crippen molar-refractivity contribution in [1.82, 2.24) is 9.59 Å². The molecule has 13 heavy (non-hydrogen) atoms. The molecule has 0 radical (unpaired) electrons. The number of thiophene rings is 1. The summed E-state index contributed by atoms with van der Waals surface area (Å²) in [7, 11) is 0. The molecule has 0 saturated carbocycles. The summed E-state index contributed by atoms with van der Waals surface area (Å²) in [4.78, 5) is 2.69. The van der Waals surface area contributed by atoms with Gasteiger partial charge in [-0.15, -0.1) is 16.4 Å². The Kier molecular flexibility index (Phi) is 2.56. The Morgan fingerprint density at radius 2 is 2.38 bits per heavy atom. The van der Waals surface area contributed by atoms with Crippen molar-refractivity contribution < 1.29 is 0 Å². The van der Waals surface area contributed by atoms with Crippen molar-refractivity contribution >= 4 is 27.9 Å². The monoisotopic (exact) mass is 211 g/mol. The van der Waals surface area contributed by atoms with Crippen molar-refractivity contribution in [3.63, 3.8) is 0 Å². The molecule has 1 N–H and O–H groups in total. The van der Waals surface area contributed by atoms with Crippen LogP contribution in [0.1, 0.15) is 9.75 Å². The average Bonchev–Trinajstić information content (AvgIpc) is 2.71. The van der Waals surface area contributed by atoms with Crippen LogP contribution in [0.5, 0.6) is 0 Å². The lowest BCUT2D eigenvalue weighted by Gasteiger charge is -1.97. The quantitative estimate of drug-likeness (QED) is 0.847. The molecule has 0 unspecified atom stereocenters. The first-order valence-corrected chi connectivity index (χ1v) is 5.50. The van der Waals surface area contributed by atoms with Crippen molar-refractivity contribution in [3.8, 4) is 0 Å². The standard InChI is InChI=1S/C8H9N3S2/c1-6-2-3-7(12-6)4-9-8-5-10-11-13-8/h2-3,5,9H,4H2,1H3. The Labute approximate surface area is 84.6 Å². The molecule has 0 amide bonds. The molecule has 0 spiro atoms. The van der Waals surface area contributed by atoms with Gasteiger partial charge in [-0.1, -0.05) is 4.49 Å². The molecular weight excluding hydrogens is 202 g/mol. The highest BCUT2D eigenvalue weighted by Crippen LogP contribution is 2.17. The predicted octanol–water partition coefficient (Wildman–Crippen LogP) is 2.52. The van der Waals surface area contributed by atoms with Gasteiger partial charge in [-0.3, -0.25) is 0 Å². The largest absolute Gasteiger partial charge is 0.369 e. The van der Waals surface area contributed by atoms with Gasteiger partial charge in [0.2, 0.25) is 0 Å². The average molecular weight is 211 g/mol. The molecule has 0 fully saturated rings. The van der Waals surface area contributed by atoms with Gasteiger partial charge in [0.1, 0.15) is 5.00 Å². The minimum atomic E-state index is 0.863. The van der Waals surface area contributed by atoms with E-state index in [1.165, 1.54) is 21.3 Å². The highest BCUT2D eigenvalue weighted by molar-refractivity contribution is 7.12. The maximum Gasteiger partial charge on any atom is 0.130 e. The van der Waals surface area contributed by atoms with Gasteiger partial charge in [0, 0.05) is 21.3 Å². The van der Waals surface area contributed by atoms with E-state index in [1.807, 2.05) is 11.3 Å². The number of hydrogen-bond acceptors (Lipinski definition) is 5. The normalized spacial score (nSPS) is 10.2. The molecule has 2 rings (SSSR count). The number of hydrogen-bond donors (Lipinski definition) is 1. The zero-order chi connectivity index (χ0) is 9.10. The summed E-state index contributed by atoms with van der Waals surface area (Å²) in [5, 5.41) is 8.03. The molecule has 3 nitrogen and oxygen atoms in total. The van der Waals surface area contributed by atoms with Crippen LogP contribution in [-0.4, -0.2) is 9.59 Å². The van der Waals surface area contributed by atoms with Crippen LogP contribution in [0.4, 0.5) is 5.00 Å². The van der Waals surface area contributed by atoms with Crippen LogP contribution >= 0.6 is 22.9 Å². The molecule has 0 aromatic carbocycles. The summed E-state index contributed by atoms with van der Waals surface area (Å²) in [6.07, 6.45) is 1.74. The molecule has 2 aromatic heterocycles. The highest BCUT2D eigenvalue weighted by atomic mass is 32.1. The van der Waals surface area contributed by atoms with E-state index in [-0.39, 0.29) is 0 Å². The third-order valence-corrected chi connectivity index (χ3v) is 3.22. The fraction of sp³-hybridized carbons (Fsp3) is 0.250. The van der Waals surface area contributed by atoms with Gasteiger partial charge in [-0.2, -0.15) is 0 Å². The van der Waals surface area contributed by atoms with Crippen LogP contribution in [0.15, 0.2) is 18.3 Å². The van der Waals surface area contributed by atoms with Crippen LogP contribution < -0.4 is 5.32 Å². The van der Waals surface area contributed by atoms with E-state index >= 15 is 0 Å². The first-order chi connectivity index (χ1) is 6.34. The zero-order valence-electron chi connectivity index (χ0n) is 7.15. The van der Waals surface area contributed by atoms with E-state index in [0.717, 1.165) is 11.5 Å². The fourth-order valence-corrected chi connectivity index (χ4v) is 2.24. The third kappa shape index (κ3) is 2.26. The Hall–Kier alpha value is -0.940. The second kappa shape index (κ2) is 3.85. The van der Waals surface area contributed by atoms with Gasteiger partial charge in [-0.25, -0.2) is 0 Å². The number of aryl methyl sites for hydroxylation is 1. The SMILES string of the molecule is Cc1ccc(CNc2cnns2)s1. The van der Waals surface area contributed by atoms with E-state index in [1.54, 1.807) is 6.20 Å². The third-order valence-electron chi connectivity index (χ3n) is 1.59. The number of nitrogens with one attached hydrogen (secondary N) is 1. The van der Waals surface area contributed by atoms with E-state index in [9.17, 15) is 0 Å². The second-order valence-corrected chi connectivity index (χ2v) is 4.81. The molecule has 0 saturated heterocycles. The maximum absolute atomic E-state index is 3.77. The van der Waals surface area contributed by atoms with Crippen LogP contribution in [0.3, 0.4) is 0 Å². The molecule has 0 aliphatic heterocycles. The smallest absolute Gasteiger partial charge is 0.130 e. The molecule has 5 heteroatoms. The lowest BCUT2D eigenvalue weighted by Crippen LogP contribution is -1.94. The van der Waals surface area contributed by atoms with Crippen molar-refractivity contribution in [1.29, 1.82) is 0 Å². The van der Waals surface area contributed by atoms with E-state index < -0.39 is 0 Å². The van der Waals surface area contributed by atoms with Crippen molar-refractivity contribution in [2.24, 2.45) is 0 Å². The Balaban J connectivity index is 1.93. The molecule has 2 heterocycles. The van der Waals surface area contributed by atoms with Crippen LogP contribution in [0.2, 0.25) is 0 Å². The molecule has 2 aromatic rings. The number of nitrogens with zero attached hydrogens (tertiary/aromatic N) is 2. The van der Waals surface area contributed by atoms with Gasteiger partial charge in [0.05, 0.1) is 12.7 Å². The summed E-state index contributed by atoms with van der Waals surface area (Å²) in [6, 6.07) is 4.27. The van der Waals surface area contributed by atoms with Gasteiger partial charge in [0.25, 0.3) is 0 Å². The predicted molar refractivity (Wildman–Crippen MR) is 56.3 cm³/mol. The van der Waals surface area contributed by atoms with Gasteiger partial charge in [-0.05, 0) is 19.1 Å². The van der Waals surface area contributed by atoms with Gasteiger partial charge < -0.3 is 5.32 Å². The summed E-state index contributed by atoms with van der Waals surface area (Å²) in [5.41, 5.74) is 0. The first kappa shape index (κ1) is 8.65. The van der Waals surface area contributed by atoms with Crippen LogP contribution in [0.25, 0.3) is 0 Å². The maximum atomic E-state index is 3.77. The van der Waals surface area contributed by atoms with Gasteiger partial charge >= 0.3 is 0 Å². The highest BCUT2D eigenvalue weighted by Gasteiger charge is 1.97. The molecule has 0 aliphatic carbocycles. The first-order valence-electron chi connectivity index (χ1n) is 3.91. The second-order valence-electron chi connectivity index (χ2n) is 2.65. The van der Waals surface area contributed by atoms with Gasteiger partial charge in [0.15, 0.2) is 0 Å². The molecule has 0 aliphatic rings. The Morgan fingerprint density at radius 1 is 1.46 bits per heavy atom. The molecular formula is C8H9N3S2.